The Labute approximate surface area is 146 Å². The molecule has 1 amide bonds. The first-order valence-electron chi connectivity index (χ1n) is 10.4. The van der Waals surface area contributed by atoms with E-state index in [1.165, 1.54) is 64.5 Å². The topological polar surface area (TPSA) is 32.8 Å². The summed E-state index contributed by atoms with van der Waals surface area (Å²) in [6, 6.07) is 0. The van der Waals surface area contributed by atoms with E-state index in [9.17, 15) is 4.79 Å². The number of carbonyl (C=O) groups excluding carboxylic acids is 1. The Bertz CT molecular complexity index is 433. The van der Waals surface area contributed by atoms with Crippen molar-refractivity contribution in [2.24, 2.45) is 11.3 Å². The van der Waals surface area contributed by atoms with Crippen LogP contribution in [-0.2, 0) is 9.53 Å². The molecule has 136 valence electrons. The van der Waals surface area contributed by atoms with Crippen LogP contribution >= 0.6 is 0 Å². The van der Waals surface area contributed by atoms with Crippen LogP contribution in [0.25, 0.3) is 0 Å². The van der Waals surface area contributed by atoms with Crippen LogP contribution in [0.5, 0.6) is 0 Å². The molecule has 3 heterocycles. The molecule has 1 saturated carbocycles. The minimum absolute atomic E-state index is 0.347. The zero-order valence-corrected chi connectivity index (χ0v) is 15.2. The molecular formula is C20H34N2O2. The number of piperidine rings is 2. The van der Waals surface area contributed by atoms with Crippen molar-refractivity contribution in [1.29, 1.82) is 0 Å². The molecule has 0 bridgehead atoms. The smallest absolute Gasteiger partial charge is 0.225 e. The largest absolute Gasteiger partial charge is 0.377 e. The maximum atomic E-state index is 12.8. The van der Waals surface area contributed by atoms with E-state index in [0.717, 1.165) is 39.1 Å². The van der Waals surface area contributed by atoms with Gasteiger partial charge in [0.25, 0.3) is 0 Å². The average molecular weight is 335 g/mol. The van der Waals surface area contributed by atoms with E-state index in [1.807, 2.05) is 0 Å². The predicted octanol–water partition coefficient (Wildman–Crippen LogP) is 3.06. The molecule has 4 rings (SSSR count). The maximum absolute atomic E-state index is 12.8. The van der Waals surface area contributed by atoms with Crippen molar-refractivity contribution in [3.63, 3.8) is 0 Å². The van der Waals surface area contributed by atoms with Crippen molar-refractivity contribution in [1.82, 2.24) is 9.80 Å². The molecule has 0 unspecified atom stereocenters. The van der Waals surface area contributed by atoms with Gasteiger partial charge in [-0.15, -0.1) is 0 Å². The summed E-state index contributed by atoms with van der Waals surface area (Å²) in [5.74, 6) is 0.827. The maximum Gasteiger partial charge on any atom is 0.225 e. The molecule has 3 aliphatic heterocycles. The van der Waals surface area contributed by atoms with Gasteiger partial charge in [0.1, 0.15) is 0 Å². The van der Waals surface area contributed by atoms with Crippen LogP contribution in [0.15, 0.2) is 0 Å². The van der Waals surface area contributed by atoms with Crippen molar-refractivity contribution in [3.8, 4) is 0 Å². The number of carbonyl (C=O) groups is 1. The molecule has 4 nitrogen and oxygen atoms in total. The minimum Gasteiger partial charge on any atom is -0.377 e. The normalized spacial score (nSPS) is 31.8. The molecule has 1 spiro atoms. The van der Waals surface area contributed by atoms with Gasteiger partial charge in [0.2, 0.25) is 5.91 Å². The third kappa shape index (κ3) is 3.65. The van der Waals surface area contributed by atoms with E-state index >= 15 is 0 Å². The van der Waals surface area contributed by atoms with Crippen LogP contribution in [-0.4, -0.2) is 61.1 Å². The summed E-state index contributed by atoms with van der Waals surface area (Å²) in [5, 5.41) is 0. The molecule has 0 N–H and O–H groups in total. The highest BCUT2D eigenvalue weighted by molar-refractivity contribution is 5.79. The second-order valence-corrected chi connectivity index (χ2v) is 8.78. The Morgan fingerprint density at radius 2 is 1.75 bits per heavy atom. The third-order valence-electron chi connectivity index (χ3n) is 7.08. The lowest BCUT2D eigenvalue weighted by molar-refractivity contribution is -0.140. The van der Waals surface area contributed by atoms with Gasteiger partial charge in [0, 0.05) is 32.2 Å². The molecule has 1 atom stereocenters. The van der Waals surface area contributed by atoms with Gasteiger partial charge in [-0.3, -0.25) is 4.79 Å². The molecule has 0 aromatic rings. The van der Waals surface area contributed by atoms with Crippen molar-refractivity contribution in [2.75, 3.05) is 39.3 Å². The summed E-state index contributed by atoms with van der Waals surface area (Å²) in [6.07, 6.45) is 12.8. The number of likely N-dealkylation sites (tertiary alicyclic amines) is 2. The Kier molecular flexibility index (Phi) is 5.14. The summed E-state index contributed by atoms with van der Waals surface area (Å²) in [7, 11) is 0. The van der Waals surface area contributed by atoms with E-state index in [0.29, 0.717) is 23.3 Å². The van der Waals surface area contributed by atoms with E-state index in [4.69, 9.17) is 4.74 Å². The van der Waals surface area contributed by atoms with Crippen LogP contribution < -0.4 is 0 Å². The van der Waals surface area contributed by atoms with Gasteiger partial charge in [0.05, 0.1) is 6.10 Å². The average Bonchev–Trinajstić information content (AvgIpc) is 3.30. The zero-order chi connectivity index (χ0) is 16.4. The van der Waals surface area contributed by atoms with Crippen LogP contribution in [0.3, 0.4) is 0 Å². The molecule has 4 fully saturated rings. The number of hydrogen-bond acceptors (Lipinski definition) is 3. The number of nitrogens with zero attached hydrogens (tertiary/aromatic N) is 2. The summed E-state index contributed by atoms with van der Waals surface area (Å²) >= 11 is 0. The number of rotatable bonds is 3. The zero-order valence-electron chi connectivity index (χ0n) is 15.2. The van der Waals surface area contributed by atoms with Crippen molar-refractivity contribution in [2.45, 2.75) is 70.3 Å². The Balaban J connectivity index is 1.30. The molecule has 4 aliphatic rings. The van der Waals surface area contributed by atoms with Crippen LogP contribution in [0, 0.1) is 11.3 Å². The quantitative estimate of drug-likeness (QED) is 0.795. The monoisotopic (exact) mass is 334 g/mol. The molecule has 1 aliphatic carbocycles. The highest BCUT2D eigenvalue weighted by Gasteiger charge is 2.41. The van der Waals surface area contributed by atoms with Crippen LogP contribution in [0.2, 0.25) is 0 Å². The van der Waals surface area contributed by atoms with Crippen molar-refractivity contribution in [3.05, 3.63) is 0 Å². The minimum atomic E-state index is 0.347. The predicted molar refractivity (Wildman–Crippen MR) is 94.9 cm³/mol. The van der Waals surface area contributed by atoms with Gasteiger partial charge in [-0.1, -0.05) is 12.8 Å². The van der Waals surface area contributed by atoms with Crippen molar-refractivity contribution < 1.29 is 9.53 Å². The first-order valence-corrected chi connectivity index (χ1v) is 10.4. The van der Waals surface area contributed by atoms with Crippen LogP contribution in [0.1, 0.15) is 64.2 Å². The molecular weight excluding hydrogens is 300 g/mol. The van der Waals surface area contributed by atoms with Gasteiger partial charge >= 0.3 is 0 Å². The molecule has 0 aromatic carbocycles. The SMILES string of the molecule is O=C(C1CCCC1)N1CCCC2(CCN(C[C@H]3CCCO3)CC2)C1. The number of amides is 1. The lowest BCUT2D eigenvalue weighted by atomic mass is 9.72. The lowest BCUT2D eigenvalue weighted by Crippen LogP contribution is -2.52. The highest BCUT2D eigenvalue weighted by atomic mass is 16.5. The molecule has 3 saturated heterocycles. The van der Waals surface area contributed by atoms with Gasteiger partial charge in [-0.05, 0) is 69.9 Å². The molecule has 0 aromatic heterocycles. The Hall–Kier alpha value is -0.610. The third-order valence-corrected chi connectivity index (χ3v) is 7.08. The van der Waals surface area contributed by atoms with E-state index in [2.05, 4.69) is 9.80 Å². The van der Waals surface area contributed by atoms with E-state index in [-0.39, 0.29) is 0 Å². The summed E-state index contributed by atoms with van der Waals surface area (Å²) in [4.78, 5) is 17.7. The fourth-order valence-corrected chi connectivity index (χ4v) is 5.52. The van der Waals surface area contributed by atoms with Gasteiger partial charge in [0.15, 0.2) is 0 Å². The summed E-state index contributed by atoms with van der Waals surface area (Å²) in [5.41, 5.74) is 0.416. The van der Waals surface area contributed by atoms with Gasteiger partial charge < -0.3 is 14.5 Å². The molecule has 24 heavy (non-hydrogen) atoms. The van der Waals surface area contributed by atoms with Crippen molar-refractivity contribution >= 4 is 5.91 Å². The second-order valence-electron chi connectivity index (χ2n) is 8.78. The summed E-state index contributed by atoms with van der Waals surface area (Å²) in [6.45, 7) is 6.53. The fraction of sp³-hybridized carbons (Fsp3) is 0.950. The first kappa shape index (κ1) is 16.8. The van der Waals surface area contributed by atoms with Gasteiger partial charge in [-0.2, -0.15) is 0 Å². The lowest BCUT2D eigenvalue weighted by Gasteiger charge is -2.48. The van der Waals surface area contributed by atoms with Gasteiger partial charge in [-0.25, -0.2) is 0 Å². The number of hydrogen-bond donors (Lipinski definition) is 0. The first-order chi connectivity index (χ1) is 11.7. The number of ether oxygens (including phenoxy) is 1. The highest BCUT2D eigenvalue weighted by Crippen LogP contribution is 2.41. The Morgan fingerprint density at radius 3 is 2.46 bits per heavy atom. The van der Waals surface area contributed by atoms with E-state index in [1.54, 1.807) is 0 Å². The molecule has 4 heteroatoms. The Morgan fingerprint density at radius 1 is 0.958 bits per heavy atom. The second kappa shape index (κ2) is 7.33. The van der Waals surface area contributed by atoms with Crippen LogP contribution in [0.4, 0.5) is 0 Å². The standard InChI is InChI=1S/C20H34N2O2/c23-19(17-5-1-2-6-17)22-11-4-8-20(16-22)9-12-21(13-10-20)15-18-7-3-14-24-18/h17-18H,1-16H2/t18-/m1/s1. The fourth-order valence-electron chi connectivity index (χ4n) is 5.52. The molecule has 0 radical (unpaired) electrons. The van der Waals surface area contributed by atoms with E-state index < -0.39 is 0 Å². The summed E-state index contributed by atoms with van der Waals surface area (Å²) < 4.78 is 5.80.